The number of rotatable bonds is 4. The molecule has 1 aromatic rings. The van der Waals surface area contributed by atoms with Gasteiger partial charge in [-0.15, -0.1) is 0 Å². The summed E-state index contributed by atoms with van der Waals surface area (Å²) in [4.78, 5) is 0. The maximum Gasteiger partial charge on any atom is 0.229 e. The van der Waals surface area contributed by atoms with Gasteiger partial charge in [-0.3, -0.25) is 0 Å². The number of phenols is 1. The molecule has 1 fully saturated rings. The Morgan fingerprint density at radius 3 is 2.48 bits per heavy atom. The van der Waals surface area contributed by atoms with Crippen molar-refractivity contribution in [2.24, 2.45) is 0 Å². The van der Waals surface area contributed by atoms with Crippen LogP contribution in [0.25, 0.3) is 6.08 Å². The molecule has 21 heavy (non-hydrogen) atoms. The normalized spacial score (nSPS) is 32.7. The molecule has 1 saturated heterocycles. The van der Waals surface area contributed by atoms with Crippen molar-refractivity contribution in [1.29, 1.82) is 0 Å². The summed E-state index contributed by atoms with van der Waals surface area (Å²) in [7, 11) is 0. The minimum atomic E-state index is -1.53. The van der Waals surface area contributed by atoms with E-state index in [4.69, 9.17) is 14.6 Å². The fourth-order valence-corrected chi connectivity index (χ4v) is 2.05. The fourth-order valence-electron chi connectivity index (χ4n) is 2.05. The third kappa shape index (κ3) is 3.17. The first-order valence-electron chi connectivity index (χ1n) is 6.40. The molecule has 0 unspecified atom stereocenters. The van der Waals surface area contributed by atoms with Gasteiger partial charge in [0.15, 0.2) is 11.5 Å². The van der Waals surface area contributed by atoms with Crippen LogP contribution < -0.4 is 4.74 Å². The van der Waals surface area contributed by atoms with E-state index < -0.39 is 37.3 Å². The van der Waals surface area contributed by atoms with Crippen molar-refractivity contribution >= 4 is 6.08 Å². The maximum atomic E-state index is 9.83. The summed E-state index contributed by atoms with van der Waals surface area (Å²) in [5, 5.41) is 48.0. The smallest absolute Gasteiger partial charge is 0.229 e. The van der Waals surface area contributed by atoms with Crippen LogP contribution in [0.3, 0.4) is 0 Å². The summed E-state index contributed by atoms with van der Waals surface area (Å²) in [6.45, 7) is 3.01. The lowest BCUT2D eigenvalue weighted by atomic mass is 9.99. The van der Waals surface area contributed by atoms with Crippen molar-refractivity contribution in [3.63, 3.8) is 0 Å². The van der Waals surface area contributed by atoms with Crippen LogP contribution in [-0.2, 0) is 4.74 Å². The van der Waals surface area contributed by atoms with Gasteiger partial charge in [0, 0.05) is 0 Å². The number of aliphatic hydroxyl groups is 4. The largest absolute Gasteiger partial charge is 0.504 e. The molecule has 1 aliphatic rings. The average molecular weight is 298 g/mol. The first kappa shape index (κ1) is 15.7. The van der Waals surface area contributed by atoms with Crippen LogP contribution in [0.1, 0.15) is 5.56 Å². The molecule has 1 aromatic carbocycles. The predicted molar refractivity (Wildman–Crippen MR) is 72.6 cm³/mol. The third-order valence-electron chi connectivity index (χ3n) is 3.31. The lowest BCUT2D eigenvalue weighted by Crippen LogP contribution is -2.60. The second-order valence-electron chi connectivity index (χ2n) is 4.75. The Kier molecular flexibility index (Phi) is 4.81. The number of benzene rings is 1. The van der Waals surface area contributed by atoms with Gasteiger partial charge in [0.2, 0.25) is 6.29 Å². The molecule has 5 N–H and O–H groups in total. The van der Waals surface area contributed by atoms with Crippen molar-refractivity contribution in [1.82, 2.24) is 0 Å². The Bertz CT molecular complexity index is 502. The molecule has 0 saturated carbocycles. The second-order valence-corrected chi connectivity index (χ2v) is 4.75. The molecule has 0 spiro atoms. The lowest BCUT2D eigenvalue weighted by Gasteiger charge is -2.39. The van der Waals surface area contributed by atoms with Gasteiger partial charge in [-0.2, -0.15) is 0 Å². The average Bonchev–Trinajstić information content (AvgIpc) is 2.49. The number of hydrogen-bond donors (Lipinski definition) is 5. The molecule has 1 heterocycles. The van der Waals surface area contributed by atoms with E-state index in [1.807, 2.05) is 0 Å². The van der Waals surface area contributed by atoms with Crippen LogP contribution in [0.5, 0.6) is 11.5 Å². The SMILES string of the molecule is C=Cc1ccc(O[C@@H]2O[C@H](CO)[C@H](O)[C@H](O)[C@H]2O)c(O)c1. The quantitative estimate of drug-likeness (QED) is 0.494. The van der Waals surface area contributed by atoms with Crippen molar-refractivity contribution in [2.45, 2.75) is 30.7 Å². The van der Waals surface area contributed by atoms with Gasteiger partial charge < -0.3 is 35.0 Å². The molecule has 0 aliphatic carbocycles. The molecule has 0 aromatic heterocycles. The molecule has 7 heteroatoms. The van der Waals surface area contributed by atoms with Crippen molar-refractivity contribution in [3.8, 4) is 11.5 Å². The van der Waals surface area contributed by atoms with Gasteiger partial charge in [0.25, 0.3) is 0 Å². The minimum absolute atomic E-state index is 0.0323. The number of phenolic OH excluding ortho intramolecular Hbond substituents is 1. The highest BCUT2D eigenvalue weighted by atomic mass is 16.7. The summed E-state index contributed by atoms with van der Waals surface area (Å²) in [6.07, 6.45) is -5.38. The molecular weight excluding hydrogens is 280 g/mol. The number of aliphatic hydroxyl groups excluding tert-OH is 4. The van der Waals surface area contributed by atoms with Crippen LogP contribution in [0.15, 0.2) is 24.8 Å². The molecule has 5 atom stereocenters. The van der Waals surface area contributed by atoms with Gasteiger partial charge >= 0.3 is 0 Å². The van der Waals surface area contributed by atoms with Crippen molar-refractivity contribution < 1.29 is 35.0 Å². The molecule has 2 rings (SSSR count). The highest BCUT2D eigenvalue weighted by molar-refractivity contribution is 5.53. The molecular formula is C14H18O7. The lowest BCUT2D eigenvalue weighted by molar-refractivity contribution is -0.277. The highest BCUT2D eigenvalue weighted by Crippen LogP contribution is 2.31. The van der Waals surface area contributed by atoms with E-state index in [-0.39, 0.29) is 11.5 Å². The van der Waals surface area contributed by atoms with E-state index in [1.165, 1.54) is 18.2 Å². The van der Waals surface area contributed by atoms with Crippen LogP contribution in [-0.4, -0.2) is 62.8 Å². The number of aromatic hydroxyl groups is 1. The Morgan fingerprint density at radius 1 is 1.19 bits per heavy atom. The van der Waals surface area contributed by atoms with E-state index in [9.17, 15) is 20.4 Å². The Morgan fingerprint density at radius 2 is 1.90 bits per heavy atom. The summed E-state index contributed by atoms with van der Waals surface area (Å²) in [5.41, 5.74) is 0.675. The minimum Gasteiger partial charge on any atom is -0.504 e. The van der Waals surface area contributed by atoms with Crippen molar-refractivity contribution in [3.05, 3.63) is 30.3 Å². The molecule has 0 radical (unpaired) electrons. The van der Waals surface area contributed by atoms with Crippen LogP contribution in [0.4, 0.5) is 0 Å². The zero-order valence-corrected chi connectivity index (χ0v) is 11.2. The van der Waals surface area contributed by atoms with Gasteiger partial charge in [-0.1, -0.05) is 18.7 Å². The van der Waals surface area contributed by atoms with Crippen LogP contribution >= 0.6 is 0 Å². The third-order valence-corrected chi connectivity index (χ3v) is 3.31. The predicted octanol–water partition coefficient (Wildman–Crippen LogP) is -0.786. The van der Waals surface area contributed by atoms with E-state index in [1.54, 1.807) is 6.07 Å². The first-order chi connectivity index (χ1) is 9.97. The monoisotopic (exact) mass is 298 g/mol. The summed E-state index contributed by atoms with van der Waals surface area (Å²) >= 11 is 0. The number of hydrogen-bond acceptors (Lipinski definition) is 7. The standard InChI is InChI=1S/C14H18O7/c1-2-7-3-4-9(8(16)5-7)20-14-13(19)12(18)11(17)10(6-15)21-14/h2-5,10-19H,1,6H2/t10-,11+,12+,13-,14-/m1/s1. The van der Waals surface area contributed by atoms with Crippen LogP contribution in [0, 0.1) is 0 Å². The topological polar surface area (TPSA) is 120 Å². The van der Waals surface area contributed by atoms with E-state index in [0.29, 0.717) is 5.56 Å². The van der Waals surface area contributed by atoms with Gasteiger partial charge in [0.05, 0.1) is 6.61 Å². The highest BCUT2D eigenvalue weighted by Gasteiger charge is 2.44. The fraction of sp³-hybridized carbons (Fsp3) is 0.429. The molecule has 0 bridgehead atoms. The Balaban J connectivity index is 2.16. The summed E-state index contributed by atoms with van der Waals surface area (Å²) in [6, 6.07) is 4.49. The maximum absolute atomic E-state index is 9.83. The van der Waals surface area contributed by atoms with Crippen molar-refractivity contribution in [2.75, 3.05) is 6.61 Å². The Labute approximate surface area is 121 Å². The Hall–Kier alpha value is -1.64. The molecule has 116 valence electrons. The van der Waals surface area contributed by atoms with Gasteiger partial charge in [-0.05, 0) is 17.7 Å². The van der Waals surface area contributed by atoms with E-state index in [2.05, 4.69) is 6.58 Å². The molecule has 7 nitrogen and oxygen atoms in total. The first-order valence-corrected chi connectivity index (χ1v) is 6.40. The number of ether oxygens (including phenoxy) is 2. The zero-order chi connectivity index (χ0) is 15.6. The van der Waals surface area contributed by atoms with Crippen LogP contribution in [0.2, 0.25) is 0 Å². The van der Waals surface area contributed by atoms with E-state index >= 15 is 0 Å². The second kappa shape index (κ2) is 6.42. The van der Waals surface area contributed by atoms with Gasteiger partial charge in [0.1, 0.15) is 24.4 Å². The summed E-state index contributed by atoms with van der Waals surface area (Å²) < 4.78 is 10.5. The molecule has 0 amide bonds. The molecule has 1 aliphatic heterocycles. The van der Waals surface area contributed by atoms with Gasteiger partial charge in [-0.25, -0.2) is 0 Å². The van der Waals surface area contributed by atoms with E-state index in [0.717, 1.165) is 0 Å². The summed E-state index contributed by atoms with van der Waals surface area (Å²) in [5.74, 6) is -0.158. The zero-order valence-electron chi connectivity index (χ0n) is 11.2.